The maximum absolute atomic E-state index is 12.3. The molecule has 5 nitrogen and oxygen atoms in total. The highest BCUT2D eigenvalue weighted by Crippen LogP contribution is 2.15. The molecule has 0 spiro atoms. The van der Waals surface area contributed by atoms with Crippen molar-refractivity contribution in [2.75, 3.05) is 6.61 Å². The molecule has 1 N–H and O–H groups in total. The van der Waals surface area contributed by atoms with Gasteiger partial charge in [0.2, 0.25) is 10.0 Å². The topological polar surface area (TPSA) is 84.2 Å². The first-order valence-electron chi connectivity index (χ1n) is 6.57. The number of ether oxygens (including phenoxy) is 1. The van der Waals surface area contributed by atoms with E-state index in [1.54, 1.807) is 30.3 Å². The number of nitrogens with one attached hydrogen (secondary N) is 1. The summed E-state index contributed by atoms with van der Waals surface area (Å²) in [5.74, 6) is -0.593. The Bertz CT molecular complexity index is 527. The molecular formula is C14H20NO4S. The van der Waals surface area contributed by atoms with Gasteiger partial charge in [-0.1, -0.05) is 43.7 Å². The number of hydrogen-bond acceptors (Lipinski definition) is 4. The highest BCUT2D eigenvalue weighted by molar-refractivity contribution is 7.90. The number of ketones is 1. The van der Waals surface area contributed by atoms with Gasteiger partial charge in [0.05, 0.1) is 6.10 Å². The molecule has 0 saturated carbocycles. The fourth-order valence-corrected chi connectivity index (χ4v) is 2.88. The molecule has 0 amide bonds. The van der Waals surface area contributed by atoms with Gasteiger partial charge in [-0.05, 0) is 13.3 Å². The molecule has 1 aromatic rings. The first-order valence-corrected chi connectivity index (χ1v) is 8.12. The number of Topliss-reactive ketones (excluding diaryl/α,β-unsaturated/α-hetero) is 1. The predicted octanol–water partition coefficient (Wildman–Crippen LogP) is 2.06. The number of benzene rings is 1. The van der Waals surface area contributed by atoms with Crippen molar-refractivity contribution < 1.29 is 17.9 Å². The lowest BCUT2D eigenvalue weighted by molar-refractivity contribution is 0.0546. The van der Waals surface area contributed by atoms with Gasteiger partial charge in [0.25, 0.3) is 0 Å². The lowest BCUT2D eigenvalue weighted by Crippen LogP contribution is -2.41. The van der Waals surface area contributed by atoms with Gasteiger partial charge in [0.1, 0.15) is 0 Å². The summed E-state index contributed by atoms with van der Waals surface area (Å²) in [6.07, 6.45) is 0.864. The number of rotatable bonds is 8. The maximum Gasteiger partial charge on any atom is 0.238 e. The molecule has 111 valence electrons. The Morgan fingerprint density at radius 3 is 2.40 bits per heavy atom. The van der Waals surface area contributed by atoms with Crippen LogP contribution >= 0.6 is 0 Å². The van der Waals surface area contributed by atoms with Crippen LogP contribution in [0.2, 0.25) is 0 Å². The third kappa shape index (κ3) is 4.70. The van der Waals surface area contributed by atoms with Gasteiger partial charge in [-0.15, -0.1) is 5.14 Å². The van der Waals surface area contributed by atoms with Crippen LogP contribution in [0.1, 0.15) is 37.0 Å². The van der Waals surface area contributed by atoms with Crippen LogP contribution in [0.15, 0.2) is 30.3 Å². The number of unbranched alkanes of at least 4 members (excludes halogenated alkanes) is 1. The van der Waals surface area contributed by atoms with Crippen LogP contribution < -0.4 is 5.14 Å². The first kappa shape index (κ1) is 16.8. The quantitative estimate of drug-likeness (QED) is 0.543. The van der Waals surface area contributed by atoms with Crippen LogP contribution in [0.3, 0.4) is 0 Å². The Kier molecular flexibility index (Phi) is 6.32. The summed E-state index contributed by atoms with van der Waals surface area (Å²) in [5, 5.41) is 5.77. The highest BCUT2D eigenvalue weighted by atomic mass is 32.2. The Hall–Kier alpha value is -1.24. The fraction of sp³-hybridized carbons (Fsp3) is 0.500. The summed E-state index contributed by atoms with van der Waals surface area (Å²) in [6.45, 7) is 3.89. The van der Waals surface area contributed by atoms with Gasteiger partial charge in [-0.2, -0.15) is 0 Å². The average Bonchev–Trinajstić information content (AvgIpc) is 2.38. The standard InChI is InChI=1S/C14H20NO4S/c1-3-4-10-19-11(2)14(20(15,17)18)13(16)12-8-6-5-7-9-12/h5-9,11,14-15H,3-4,10H2,1-2H3. The van der Waals surface area contributed by atoms with E-state index in [0.717, 1.165) is 12.8 Å². The Morgan fingerprint density at radius 1 is 1.30 bits per heavy atom. The van der Waals surface area contributed by atoms with E-state index in [4.69, 9.17) is 9.88 Å². The molecule has 0 saturated heterocycles. The minimum absolute atomic E-state index is 0.277. The third-order valence-electron chi connectivity index (χ3n) is 2.96. The van der Waals surface area contributed by atoms with E-state index >= 15 is 0 Å². The number of carbonyl (C=O) groups excluding carboxylic acids is 1. The monoisotopic (exact) mass is 298 g/mol. The summed E-state index contributed by atoms with van der Waals surface area (Å²) in [6, 6.07) is 8.13. The molecule has 0 aromatic heterocycles. The molecule has 0 aliphatic rings. The van der Waals surface area contributed by atoms with Crippen molar-refractivity contribution in [3.63, 3.8) is 0 Å². The molecule has 2 unspecified atom stereocenters. The van der Waals surface area contributed by atoms with Gasteiger partial charge in [0.15, 0.2) is 11.0 Å². The third-order valence-corrected chi connectivity index (χ3v) is 4.22. The predicted molar refractivity (Wildman–Crippen MR) is 76.9 cm³/mol. The molecule has 0 fully saturated rings. The SMILES string of the molecule is CCCCOC(C)C(C(=O)c1ccccc1)S([NH])(=O)=O. The zero-order valence-corrected chi connectivity index (χ0v) is 12.5. The van der Waals surface area contributed by atoms with Gasteiger partial charge in [-0.3, -0.25) is 4.79 Å². The first-order chi connectivity index (χ1) is 9.38. The molecule has 1 rings (SSSR count). The largest absolute Gasteiger partial charge is 0.377 e. The van der Waals surface area contributed by atoms with Crippen LogP contribution in [0, 0.1) is 0 Å². The molecule has 0 aliphatic heterocycles. The van der Waals surface area contributed by atoms with E-state index in [-0.39, 0.29) is 5.56 Å². The van der Waals surface area contributed by atoms with Crippen molar-refractivity contribution in [3.05, 3.63) is 35.9 Å². The van der Waals surface area contributed by atoms with Gasteiger partial charge >= 0.3 is 0 Å². The maximum atomic E-state index is 12.3. The Morgan fingerprint density at radius 2 is 1.90 bits per heavy atom. The zero-order valence-electron chi connectivity index (χ0n) is 11.7. The smallest absolute Gasteiger partial charge is 0.238 e. The zero-order chi connectivity index (χ0) is 15.2. The lowest BCUT2D eigenvalue weighted by atomic mass is 10.1. The van der Waals surface area contributed by atoms with Crippen molar-refractivity contribution in [3.8, 4) is 0 Å². The molecule has 20 heavy (non-hydrogen) atoms. The summed E-state index contributed by atoms with van der Waals surface area (Å²) in [4.78, 5) is 12.3. The summed E-state index contributed by atoms with van der Waals surface area (Å²) >= 11 is 0. The fourth-order valence-electron chi connectivity index (χ4n) is 1.87. The van der Waals surface area contributed by atoms with Crippen molar-refractivity contribution in [2.24, 2.45) is 0 Å². The molecule has 1 aromatic carbocycles. The van der Waals surface area contributed by atoms with Gasteiger partial charge in [-0.25, -0.2) is 8.42 Å². The van der Waals surface area contributed by atoms with Crippen LogP contribution in [0.5, 0.6) is 0 Å². The molecule has 0 heterocycles. The van der Waals surface area contributed by atoms with E-state index in [1.807, 2.05) is 6.92 Å². The van der Waals surface area contributed by atoms with E-state index < -0.39 is 27.2 Å². The summed E-state index contributed by atoms with van der Waals surface area (Å²) in [7, 11) is -4.27. The van der Waals surface area contributed by atoms with Gasteiger partial charge in [0, 0.05) is 12.2 Å². The van der Waals surface area contributed by atoms with Crippen LogP contribution in [0.4, 0.5) is 0 Å². The second-order valence-corrected chi connectivity index (χ2v) is 6.22. The van der Waals surface area contributed by atoms with E-state index in [9.17, 15) is 13.2 Å². The summed E-state index contributed by atoms with van der Waals surface area (Å²) in [5.41, 5.74) is 0.277. The Labute approximate surface area is 120 Å². The van der Waals surface area contributed by atoms with Crippen molar-refractivity contribution in [2.45, 2.75) is 38.0 Å². The molecule has 2 atom stereocenters. The van der Waals surface area contributed by atoms with Crippen LogP contribution in [0.25, 0.3) is 0 Å². The van der Waals surface area contributed by atoms with Crippen molar-refractivity contribution >= 4 is 15.8 Å². The summed E-state index contributed by atoms with van der Waals surface area (Å²) < 4.78 is 28.6. The number of hydrogen-bond donors (Lipinski definition) is 0. The molecule has 0 aliphatic carbocycles. The van der Waals surface area contributed by atoms with Crippen LogP contribution in [-0.4, -0.2) is 32.2 Å². The minimum atomic E-state index is -4.27. The lowest BCUT2D eigenvalue weighted by Gasteiger charge is -2.21. The van der Waals surface area contributed by atoms with Crippen LogP contribution in [-0.2, 0) is 14.8 Å². The molecule has 1 radical (unpaired) electrons. The second-order valence-electron chi connectivity index (χ2n) is 4.63. The normalized spacial score (nSPS) is 14.8. The van der Waals surface area contributed by atoms with E-state index in [0.29, 0.717) is 6.61 Å². The number of sulfonamides is 1. The molecule has 6 heteroatoms. The van der Waals surface area contributed by atoms with E-state index in [1.165, 1.54) is 6.92 Å². The molecular weight excluding hydrogens is 278 g/mol. The highest BCUT2D eigenvalue weighted by Gasteiger charge is 2.36. The number of carbonyl (C=O) groups is 1. The van der Waals surface area contributed by atoms with Crippen molar-refractivity contribution in [1.82, 2.24) is 5.14 Å². The average molecular weight is 298 g/mol. The second kappa shape index (κ2) is 7.52. The minimum Gasteiger partial charge on any atom is -0.377 e. The van der Waals surface area contributed by atoms with Crippen molar-refractivity contribution in [1.29, 1.82) is 0 Å². The Balaban J connectivity index is 2.93. The van der Waals surface area contributed by atoms with Gasteiger partial charge < -0.3 is 4.74 Å². The van der Waals surface area contributed by atoms with E-state index in [2.05, 4.69) is 0 Å². The molecule has 0 bridgehead atoms.